The van der Waals surface area contributed by atoms with Gasteiger partial charge in [0.05, 0.1) is 24.7 Å². The van der Waals surface area contributed by atoms with E-state index in [0.717, 1.165) is 16.6 Å². The topological polar surface area (TPSA) is 41.3 Å². The van der Waals surface area contributed by atoms with Gasteiger partial charge in [0.2, 0.25) is 0 Å². The molecular weight excluding hydrogens is 294 g/mol. The summed E-state index contributed by atoms with van der Waals surface area (Å²) in [6.45, 7) is 0.712. The monoisotopic (exact) mass is 315 g/mol. The number of rotatable bonds is 4. The molecule has 1 N–H and O–H groups in total. The van der Waals surface area contributed by atoms with Crippen molar-refractivity contribution in [2.45, 2.75) is 44.7 Å². The second kappa shape index (κ2) is 7.40. The molecule has 0 unspecified atom stereocenters. The molecule has 1 fully saturated rings. The molecule has 0 bridgehead atoms. The van der Waals surface area contributed by atoms with Crippen molar-refractivity contribution in [1.29, 1.82) is 0 Å². The van der Waals surface area contributed by atoms with Crippen LogP contribution in [0.25, 0.3) is 0 Å². The van der Waals surface area contributed by atoms with Gasteiger partial charge in [0.1, 0.15) is 5.76 Å². The average Bonchev–Trinajstić information content (AvgIpc) is 3.07. The largest absolute Gasteiger partial charge is 0.467 e. The fourth-order valence-corrected chi connectivity index (χ4v) is 3.29. The Morgan fingerprint density at radius 3 is 2.82 bits per heavy atom. The summed E-state index contributed by atoms with van der Waals surface area (Å²) in [5, 5.41) is 4.05. The van der Waals surface area contributed by atoms with Crippen LogP contribution in [0.3, 0.4) is 0 Å². The Hall–Kier alpha value is -1.88. The smallest absolute Gasteiger partial charge is 0.174 e. The van der Waals surface area contributed by atoms with E-state index < -0.39 is 0 Å². The van der Waals surface area contributed by atoms with Crippen molar-refractivity contribution >= 4 is 23.0 Å². The molecule has 0 spiro atoms. The summed E-state index contributed by atoms with van der Waals surface area (Å²) in [5.74, 6) is 0.945. The minimum absolute atomic E-state index is 0.482. The number of hydrogen-bond donors (Lipinski definition) is 1. The van der Waals surface area contributed by atoms with E-state index in [4.69, 9.17) is 16.6 Å². The highest BCUT2D eigenvalue weighted by atomic mass is 32.1. The van der Waals surface area contributed by atoms with Crippen molar-refractivity contribution in [2.75, 3.05) is 5.32 Å². The summed E-state index contributed by atoms with van der Waals surface area (Å²) in [4.78, 5) is 6.39. The highest BCUT2D eigenvalue weighted by Gasteiger charge is 2.24. The number of nitrogens with one attached hydrogen (secondary N) is 1. The molecule has 0 aliphatic heterocycles. The molecular formula is C17H21N3OS. The van der Waals surface area contributed by atoms with Gasteiger partial charge in [0.15, 0.2) is 5.11 Å². The van der Waals surface area contributed by atoms with Gasteiger partial charge >= 0.3 is 0 Å². The van der Waals surface area contributed by atoms with Crippen molar-refractivity contribution in [3.63, 3.8) is 0 Å². The molecule has 1 saturated carbocycles. The summed E-state index contributed by atoms with van der Waals surface area (Å²) in [6, 6.07) is 8.29. The number of hydrogen-bond acceptors (Lipinski definition) is 3. The summed E-state index contributed by atoms with van der Waals surface area (Å²) < 4.78 is 5.51. The zero-order valence-corrected chi connectivity index (χ0v) is 13.4. The predicted molar refractivity (Wildman–Crippen MR) is 91.6 cm³/mol. The van der Waals surface area contributed by atoms with Gasteiger partial charge in [0.25, 0.3) is 0 Å². The molecule has 0 atom stereocenters. The molecule has 5 heteroatoms. The molecule has 22 heavy (non-hydrogen) atoms. The van der Waals surface area contributed by atoms with E-state index in [-0.39, 0.29) is 0 Å². The Morgan fingerprint density at radius 2 is 2.14 bits per heavy atom. The molecule has 2 aromatic rings. The number of anilines is 1. The molecule has 2 heterocycles. The fraction of sp³-hybridized carbons (Fsp3) is 0.412. The Balaban J connectivity index is 1.73. The van der Waals surface area contributed by atoms with Crippen LogP contribution in [0.15, 0.2) is 47.3 Å². The minimum atomic E-state index is 0.482. The van der Waals surface area contributed by atoms with Gasteiger partial charge in [-0.2, -0.15) is 0 Å². The van der Waals surface area contributed by atoms with Gasteiger partial charge in [-0.3, -0.25) is 4.98 Å². The first kappa shape index (κ1) is 15.0. The van der Waals surface area contributed by atoms with Crippen LogP contribution < -0.4 is 5.32 Å². The van der Waals surface area contributed by atoms with Crippen molar-refractivity contribution in [3.8, 4) is 0 Å². The Bertz CT molecular complexity index is 579. The molecule has 0 amide bonds. The van der Waals surface area contributed by atoms with E-state index in [2.05, 4.69) is 15.2 Å². The number of pyridine rings is 1. The maximum absolute atomic E-state index is 5.66. The Labute approximate surface area is 136 Å². The summed E-state index contributed by atoms with van der Waals surface area (Å²) in [6.07, 6.45) is 11.5. The predicted octanol–water partition coefficient (Wildman–Crippen LogP) is 4.21. The van der Waals surface area contributed by atoms with E-state index >= 15 is 0 Å². The number of furan rings is 1. The van der Waals surface area contributed by atoms with Gasteiger partial charge in [-0.1, -0.05) is 19.3 Å². The third-order valence-electron chi connectivity index (χ3n) is 4.10. The molecule has 2 aromatic heterocycles. The van der Waals surface area contributed by atoms with Crippen LogP contribution in [0.4, 0.5) is 5.69 Å². The third kappa shape index (κ3) is 3.85. The van der Waals surface area contributed by atoms with Crippen molar-refractivity contribution in [1.82, 2.24) is 9.88 Å². The second-order valence-electron chi connectivity index (χ2n) is 5.67. The maximum atomic E-state index is 5.66. The standard InChI is InChI=1S/C17H21N3OS/c22-17(19-14-6-4-10-18-12-14)20(13-16-9-5-11-21-16)15-7-2-1-3-8-15/h4-6,9-12,15H,1-3,7-8,13H2,(H,19,22). The van der Waals surface area contributed by atoms with Crippen LogP contribution in [-0.2, 0) is 6.54 Å². The first-order valence-electron chi connectivity index (χ1n) is 7.83. The van der Waals surface area contributed by atoms with Gasteiger partial charge in [-0.15, -0.1) is 0 Å². The maximum Gasteiger partial charge on any atom is 0.174 e. The highest BCUT2D eigenvalue weighted by Crippen LogP contribution is 2.25. The van der Waals surface area contributed by atoms with Crippen LogP contribution in [-0.4, -0.2) is 21.0 Å². The fourth-order valence-electron chi connectivity index (χ4n) is 2.96. The first-order valence-corrected chi connectivity index (χ1v) is 8.24. The number of aromatic nitrogens is 1. The van der Waals surface area contributed by atoms with Crippen LogP contribution in [0.5, 0.6) is 0 Å². The molecule has 1 aliphatic carbocycles. The lowest BCUT2D eigenvalue weighted by molar-refractivity contribution is 0.227. The van der Waals surface area contributed by atoms with E-state index in [1.165, 1.54) is 32.1 Å². The van der Waals surface area contributed by atoms with E-state index in [1.807, 2.05) is 24.3 Å². The lowest BCUT2D eigenvalue weighted by atomic mass is 9.94. The number of thiocarbonyl (C=S) groups is 1. The van der Waals surface area contributed by atoms with Gasteiger partial charge < -0.3 is 14.6 Å². The van der Waals surface area contributed by atoms with Crippen molar-refractivity contribution < 1.29 is 4.42 Å². The van der Waals surface area contributed by atoms with Crippen molar-refractivity contribution in [3.05, 3.63) is 48.7 Å². The zero-order valence-electron chi connectivity index (χ0n) is 12.6. The molecule has 4 nitrogen and oxygen atoms in total. The third-order valence-corrected chi connectivity index (χ3v) is 4.43. The molecule has 0 aromatic carbocycles. The lowest BCUT2D eigenvalue weighted by Gasteiger charge is -2.35. The van der Waals surface area contributed by atoms with Gasteiger partial charge in [0, 0.05) is 12.2 Å². The van der Waals surface area contributed by atoms with Gasteiger partial charge in [-0.25, -0.2) is 0 Å². The Morgan fingerprint density at radius 1 is 1.27 bits per heavy atom. The SMILES string of the molecule is S=C(Nc1cccnc1)N(Cc1ccco1)C1CCCCC1. The number of nitrogens with zero attached hydrogens (tertiary/aromatic N) is 2. The summed E-state index contributed by atoms with van der Waals surface area (Å²) >= 11 is 5.66. The molecule has 1 aliphatic rings. The summed E-state index contributed by atoms with van der Waals surface area (Å²) in [5.41, 5.74) is 0.924. The van der Waals surface area contributed by atoms with Crippen LogP contribution >= 0.6 is 12.2 Å². The van der Waals surface area contributed by atoms with E-state index in [0.29, 0.717) is 12.6 Å². The van der Waals surface area contributed by atoms with E-state index in [9.17, 15) is 0 Å². The van der Waals surface area contributed by atoms with Crippen LogP contribution in [0.1, 0.15) is 37.9 Å². The van der Waals surface area contributed by atoms with Crippen molar-refractivity contribution in [2.24, 2.45) is 0 Å². The highest BCUT2D eigenvalue weighted by molar-refractivity contribution is 7.80. The Kier molecular flexibility index (Phi) is 5.06. The normalized spacial score (nSPS) is 15.5. The zero-order chi connectivity index (χ0) is 15.2. The summed E-state index contributed by atoms with van der Waals surface area (Å²) in [7, 11) is 0. The minimum Gasteiger partial charge on any atom is -0.467 e. The first-order chi connectivity index (χ1) is 10.8. The van der Waals surface area contributed by atoms with Crippen LogP contribution in [0.2, 0.25) is 0 Å². The molecule has 0 radical (unpaired) electrons. The van der Waals surface area contributed by atoms with E-state index in [1.54, 1.807) is 18.7 Å². The second-order valence-corrected chi connectivity index (χ2v) is 6.06. The van der Waals surface area contributed by atoms with Crippen LogP contribution in [0, 0.1) is 0 Å². The quantitative estimate of drug-likeness (QED) is 0.856. The molecule has 116 valence electrons. The molecule has 3 rings (SSSR count). The van der Waals surface area contributed by atoms with Gasteiger partial charge in [-0.05, 0) is 49.3 Å². The molecule has 0 saturated heterocycles. The lowest BCUT2D eigenvalue weighted by Crippen LogP contribution is -2.43. The average molecular weight is 315 g/mol.